The first kappa shape index (κ1) is 25.2. The van der Waals surface area contributed by atoms with Crippen LogP contribution in [0.4, 0.5) is 11.4 Å². The van der Waals surface area contributed by atoms with E-state index in [0.29, 0.717) is 28.4 Å². The number of anilines is 2. The van der Waals surface area contributed by atoms with Crippen LogP contribution in [0, 0.1) is 0 Å². The number of nitrogens with one attached hydrogen (secondary N) is 2. The lowest BCUT2D eigenvalue weighted by molar-refractivity contribution is -0.123. The first-order valence-corrected chi connectivity index (χ1v) is 11.5. The molecule has 0 radical (unpaired) electrons. The van der Waals surface area contributed by atoms with Crippen molar-refractivity contribution in [3.8, 4) is 22.7 Å². The smallest absolute Gasteiger partial charge is 0.342 e. The van der Waals surface area contributed by atoms with E-state index in [2.05, 4.69) is 15.7 Å². The zero-order chi connectivity index (χ0) is 26.4. The highest BCUT2D eigenvalue weighted by Crippen LogP contribution is 2.28. The summed E-state index contributed by atoms with van der Waals surface area (Å²) >= 11 is 0. The van der Waals surface area contributed by atoms with Gasteiger partial charge in [0.05, 0.1) is 12.8 Å². The van der Waals surface area contributed by atoms with Crippen LogP contribution in [-0.4, -0.2) is 40.8 Å². The quantitative estimate of drug-likeness (QED) is 0.341. The molecule has 188 valence electrons. The first-order valence-electron chi connectivity index (χ1n) is 11.5. The molecule has 1 aromatic heterocycles. The number of carbonyl (C=O) groups excluding carboxylic acids is 3. The van der Waals surface area contributed by atoms with Gasteiger partial charge in [-0.2, -0.15) is 5.10 Å². The van der Waals surface area contributed by atoms with E-state index in [9.17, 15) is 14.4 Å². The lowest BCUT2D eigenvalue weighted by Crippen LogP contribution is -2.30. The molecular formula is C28H26N4O5. The number of para-hydroxylation sites is 1. The van der Waals surface area contributed by atoms with Crippen LogP contribution in [0.25, 0.3) is 16.9 Å². The summed E-state index contributed by atoms with van der Waals surface area (Å²) in [7, 11) is 1.56. The molecule has 37 heavy (non-hydrogen) atoms. The highest BCUT2D eigenvalue weighted by Gasteiger charge is 2.25. The molecule has 0 saturated heterocycles. The summed E-state index contributed by atoms with van der Waals surface area (Å²) in [6.45, 7) is 2.90. The second-order valence-corrected chi connectivity index (χ2v) is 8.20. The van der Waals surface area contributed by atoms with E-state index in [0.717, 1.165) is 5.69 Å². The van der Waals surface area contributed by atoms with Crippen molar-refractivity contribution in [1.82, 2.24) is 9.78 Å². The Kier molecular flexibility index (Phi) is 7.63. The fraction of sp³-hybridized carbons (Fsp3) is 0.143. The first-order chi connectivity index (χ1) is 17.8. The summed E-state index contributed by atoms with van der Waals surface area (Å²) in [6, 6.07) is 23.2. The van der Waals surface area contributed by atoms with Gasteiger partial charge in [0.1, 0.15) is 17.0 Å². The lowest BCUT2D eigenvalue weighted by atomic mass is 10.1. The van der Waals surface area contributed by atoms with Crippen molar-refractivity contribution < 1.29 is 23.9 Å². The van der Waals surface area contributed by atoms with Crippen molar-refractivity contribution in [3.63, 3.8) is 0 Å². The van der Waals surface area contributed by atoms with Crippen LogP contribution in [0.3, 0.4) is 0 Å². The number of methoxy groups -OCH3 is 1. The molecule has 1 atom stereocenters. The van der Waals surface area contributed by atoms with Gasteiger partial charge in [-0.15, -0.1) is 0 Å². The molecule has 2 amide bonds. The number of nitrogens with zero attached hydrogens (tertiary/aromatic N) is 2. The molecule has 4 aromatic rings. The second-order valence-electron chi connectivity index (χ2n) is 8.20. The van der Waals surface area contributed by atoms with Gasteiger partial charge in [-0.1, -0.05) is 30.3 Å². The molecule has 0 spiro atoms. The van der Waals surface area contributed by atoms with Crippen LogP contribution in [0.5, 0.6) is 5.75 Å². The van der Waals surface area contributed by atoms with E-state index < -0.39 is 18.0 Å². The normalized spacial score (nSPS) is 11.3. The Bertz CT molecular complexity index is 1410. The standard InChI is InChI=1S/C28H26N4O5/c1-18(27(34)30-22-14-12-21(13-15-22)29-19(2)33)37-28(35)25-17-32(23-9-5-4-6-10-23)31-26(25)20-8-7-11-24(16-20)36-3/h4-18H,1-3H3,(H,29,33)(H,30,34). The Morgan fingerprint density at radius 1 is 0.892 bits per heavy atom. The second kappa shape index (κ2) is 11.2. The van der Waals surface area contributed by atoms with E-state index in [1.807, 2.05) is 36.4 Å². The third kappa shape index (κ3) is 6.21. The number of hydrogen-bond acceptors (Lipinski definition) is 6. The maximum atomic E-state index is 13.2. The van der Waals surface area contributed by atoms with Gasteiger partial charge in [0, 0.05) is 30.1 Å². The molecule has 9 nitrogen and oxygen atoms in total. The van der Waals surface area contributed by atoms with Crippen molar-refractivity contribution in [2.24, 2.45) is 0 Å². The summed E-state index contributed by atoms with van der Waals surface area (Å²) in [5.74, 6) is -0.771. The number of amides is 2. The number of benzene rings is 3. The van der Waals surface area contributed by atoms with Gasteiger partial charge in [0.2, 0.25) is 5.91 Å². The Labute approximate surface area is 214 Å². The van der Waals surface area contributed by atoms with Gasteiger partial charge in [0.25, 0.3) is 5.91 Å². The fourth-order valence-electron chi connectivity index (χ4n) is 3.58. The highest BCUT2D eigenvalue weighted by atomic mass is 16.5. The third-order valence-corrected chi connectivity index (χ3v) is 5.42. The van der Waals surface area contributed by atoms with Crippen LogP contribution >= 0.6 is 0 Å². The zero-order valence-corrected chi connectivity index (χ0v) is 20.6. The monoisotopic (exact) mass is 498 g/mol. The number of aromatic nitrogens is 2. The van der Waals surface area contributed by atoms with Crippen molar-refractivity contribution >= 4 is 29.2 Å². The number of carbonyl (C=O) groups is 3. The number of rotatable bonds is 8. The van der Waals surface area contributed by atoms with E-state index in [1.54, 1.807) is 60.5 Å². The van der Waals surface area contributed by atoms with Crippen molar-refractivity contribution in [3.05, 3.63) is 90.6 Å². The highest BCUT2D eigenvalue weighted by molar-refractivity contribution is 6.00. The van der Waals surface area contributed by atoms with Gasteiger partial charge in [-0.3, -0.25) is 9.59 Å². The van der Waals surface area contributed by atoms with E-state index >= 15 is 0 Å². The molecule has 0 saturated carbocycles. The van der Waals surface area contributed by atoms with Crippen molar-refractivity contribution in [2.75, 3.05) is 17.7 Å². The van der Waals surface area contributed by atoms with Gasteiger partial charge in [0.15, 0.2) is 6.10 Å². The Morgan fingerprint density at radius 3 is 2.22 bits per heavy atom. The fourth-order valence-corrected chi connectivity index (χ4v) is 3.58. The molecule has 0 bridgehead atoms. The maximum absolute atomic E-state index is 13.2. The van der Waals surface area contributed by atoms with Gasteiger partial charge >= 0.3 is 5.97 Å². The van der Waals surface area contributed by atoms with Gasteiger partial charge in [-0.05, 0) is 55.5 Å². The Balaban J connectivity index is 1.54. The number of esters is 1. The average Bonchev–Trinajstić information content (AvgIpc) is 3.36. The van der Waals surface area contributed by atoms with Crippen molar-refractivity contribution in [1.29, 1.82) is 0 Å². The minimum atomic E-state index is -1.08. The minimum absolute atomic E-state index is 0.193. The van der Waals surface area contributed by atoms with E-state index in [-0.39, 0.29) is 11.5 Å². The topological polar surface area (TPSA) is 112 Å². The molecule has 3 aromatic carbocycles. The number of hydrogen-bond donors (Lipinski definition) is 2. The van der Waals surface area contributed by atoms with Crippen molar-refractivity contribution in [2.45, 2.75) is 20.0 Å². The number of ether oxygens (including phenoxy) is 2. The molecule has 1 heterocycles. The summed E-state index contributed by atoms with van der Waals surface area (Å²) < 4.78 is 12.4. The summed E-state index contributed by atoms with van der Waals surface area (Å²) in [5, 5.41) is 9.99. The molecule has 1 unspecified atom stereocenters. The van der Waals surface area contributed by atoms with Crippen LogP contribution in [0.15, 0.2) is 85.1 Å². The van der Waals surface area contributed by atoms with E-state index in [1.165, 1.54) is 13.8 Å². The summed E-state index contributed by atoms with van der Waals surface area (Å²) in [5.41, 5.74) is 3.13. The van der Waals surface area contributed by atoms with Gasteiger partial charge in [-0.25, -0.2) is 9.48 Å². The Morgan fingerprint density at radius 2 is 1.57 bits per heavy atom. The van der Waals surface area contributed by atoms with Crippen LogP contribution in [0.1, 0.15) is 24.2 Å². The summed E-state index contributed by atoms with van der Waals surface area (Å²) in [4.78, 5) is 37.1. The summed E-state index contributed by atoms with van der Waals surface area (Å²) in [6.07, 6.45) is 0.499. The molecule has 0 aliphatic heterocycles. The molecule has 0 aliphatic rings. The average molecular weight is 499 g/mol. The SMILES string of the molecule is COc1cccc(-c2nn(-c3ccccc3)cc2C(=O)OC(C)C(=O)Nc2ccc(NC(C)=O)cc2)c1. The van der Waals surface area contributed by atoms with E-state index in [4.69, 9.17) is 9.47 Å². The Hall–Kier alpha value is -4.92. The molecule has 9 heteroatoms. The molecular weight excluding hydrogens is 472 g/mol. The molecule has 0 aliphatic carbocycles. The van der Waals surface area contributed by atoms with Crippen LogP contribution in [0.2, 0.25) is 0 Å². The van der Waals surface area contributed by atoms with Crippen LogP contribution < -0.4 is 15.4 Å². The van der Waals surface area contributed by atoms with Crippen LogP contribution in [-0.2, 0) is 14.3 Å². The third-order valence-electron chi connectivity index (χ3n) is 5.42. The molecule has 4 rings (SSSR count). The zero-order valence-electron chi connectivity index (χ0n) is 20.6. The largest absolute Gasteiger partial charge is 0.497 e. The molecule has 0 fully saturated rings. The minimum Gasteiger partial charge on any atom is -0.497 e. The predicted octanol–water partition coefficient (Wildman–Crippen LogP) is 4.69. The molecule has 2 N–H and O–H groups in total. The maximum Gasteiger partial charge on any atom is 0.342 e. The van der Waals surface area contributed by atoms with Gasteiger partial charge < -0.3 is 20.1 Å². The lowest BCUT2D eigenvalue weighted by Gasteiger charge is -2.14. The predicted molar refractivity (Wildman–Crippen MR) is 140 cm³/mol.